The normalized spacial score (nSPS) is 13.0. The van der Waals surface area contributed by atoms with E-state index in [4.69, 9.17) is 10.3 Å². The molecule has 26 heavy (non-hydrogen) atoms. The molecule has 9 nitrogen and oxygen atoms in total. The van der Waals surface area contributed by atoms with Crippen LogP contribution in [0.15, 0.2) is 58.3 Å². The van der Waals surface area contributed by atoms with E-state index >= 15 is 0 Å². The predicted molar refractivity (Wildman–Crippen MR) is 96.2 cm³/mol. The van der Waals surface area contributed by atoms with Crippen LogP contribution < -0.4 is 20.9 Å². The van der Waals surface area contributed by atoms with Gasteiger partial charge in [0.25, 0.3) is 0 Å². The van der Waals surface area contributed by atoms with E-state index in [0.717, 1.165) is 0 Å². The first-order chi connectivity index (χ1) is 12.0. The smallest absolute Gasteiger partial charge is 0.319 e. The molecular weight excluding hydrogens is 380 g/mol. The van der Waals surface area contributed by atoms with Crippen LogP contribution in [0, 0.1) is 0 Å². The Labute approximate surface area is 151 Å². The highest BCUT2D eigenvalue weighted by Crippen LogP contribution is 2.16. The fraction of sp³-hybridized carbons (Fsp3) is 0.133. The number of carbonyl (C=O) groups excluding carboxylic acids is 1. The van der Waals surface area contributed by atoms with Crippen LogP contribution in [0.25, 0.3) is 0 Å². The molecular formula is C15H18N4O5S2. The summed E-state index contributed by atoms with van der Waals surface area (Å²) < 4.78 is 44.8. The number of amides is 2. The number of nitrogens with one attached hydrogen (secondary N) is 2. The predicted octanol–water partition coefficient (Wildman–Crippen LogP) is 0.864. The van der Waals surface area contributed by atoms with Crippen LogP contribution in [0.2, 0.25) is 0 Å². The molecule has 0 bridgehead atoms. The summed E-state index contributed by atoms with van der Waals surface area (Å²) in [5.74, 6) is 0. The Morgan fingerprint density at radius 3 is 1.69 bits per heavy atom. The van der Waals surface area contributed by atoms with Gasteiger partial charge in [0, 0.05) is 5.69 Å². The van der Waals surface area contributed by atoms with Crippen LogP contribution in [0.4, 0.5) is 10.5 Å². The first-order valence-corrected chi connectivity index (χ1v) is 10.4. The van der Waals surface area contributed by atoms with E-state index in [2.05, 4.69) is 10.6 Å². The van der Waals surface area contributed by atoms with E-state index in [1.54, 1.807) is 19.1 Å². The molecule has 140 valence electrons. The highest BCUT2D eigenvalue weighted by atomic mass is 32.2. The third-order valence-corrected chi connectivity index (χ3v) is 5.36. The molecule has 0 aliphatic carbocycles. The third-order valence-electron chi connectivity index (χ3n) is 3.50. The molecule has 0 aliphatic heterocycles. The zero-order chi connectivity index (χ0) is 19.5. The van der Waals surface area contributed by atoms with Crippen molar-refractivity contribution in [3.8, 4) is 0 Å². The quantitative estimate of drug-likeness (QED) is 0.586. The second-order valence-corrected chi connectivity index (χ2v) is 8.63. The number of urea groups is 1. The molecule has 0 fully saturated rings. The van der Waals surface area contributed by atoms with Gasteiger partial charge in [-0.1, -0.05) is 12.1 Å². The maximum atomic E-state index is 12.0. The number of hydrogen-bond acceptors (Lipinski definition) is 5. The lowest BCUT2D eigenvalue weighted by molar-refractivity contribution is 0.249. The molecule has 2 aromatic carbocycles. The second kappa shape index (κ2) is 7.41. The Bertz CT molecular complexity index is 1000. The lowest BCUT2D eigenvalue weighted by Crippen LogP contribution is -2.31. The minimum absolute atomic E-state index is 0.0205. The Morgan fingerprint density at radius 1 is 0.846 bits per heavy atom. The first kappa shape index (κ1) is 19.8. The summed E-state index contributed by atoms with van der Waals surface area (Å²) in [6.07, 6.45) is 0. The standard InChI is InChI=1S/C15H18N4O5S2/c1-10(11-2-6-13(7-3-11)25(16,21)22)18-15(20)19-12-4-8-14(9-5-12)26(17,23)24/h2-10H,1H3,(H2,16,21,22)(H2,17,23,24)(H2,18,19,20)/t10-/m1/s1. The van der Waals surface area contributed by atoms with Gasteiger partial charge < -0.3 is 10.6 Å². The molecule has 1 atom stereocenters. The number of anilines is 1. The van der Waals surface area contributed by atoms with Crippen LogP contribution in [0.5, 0.6) is 0 Å². The Morgan fingerprint density at radius 2 is 1.27 bits per heavy atom. The summed E-state index contributed by atoms with van der Waals surface area (Å²) in [7, 11) is -7.57. The van der Waals surface area contributed by atoms with Crippen molar-refractivity contribution in [2.75, 3.05) is 5.32 Å². The number of hydrogen-bond donors (Lipinski definition) is 4. The Balaban J connectivity index is 2.01. The van der Waals surface area contributed by atoms with E-state index in [-0.39, 0.29) is 9.79 Å². The SMILES string of the molecule is C[C@@H](NC(=O)Nc1ccc(S(N)(=O)=O)cc1)c1ccc(S(N)(=O)=O)cc1. The molecule has 2 rings (SSSR count). The zero-order valence-electron chi connectivity index (χ0n) is 13.7. The highest BCUT2D eigenvalue weighted by molar-refractivity contribution is 7.89. The van der Waals surface area contributed by atoms with Gasteiger partial charge in [0.15, 0.2) is 0 Å². The van der Waals surface area contributed by atoms with Crippen molar-refractivity contribution in [3.05, 3.63) is 54.1 Å². The maximum Gasteiger partial charge on any atom is 0.319 e. The van der Waals surface area contributed by atoms with E-state index in [1.807, 2.05) is 0 Å². The Hall–Kier alpha value is -2.47. The van der Waals surface area contributed by atoms with Gasteiger partial charge in [-0.25, -0.2) is 31.9 Å². The molecule has 0 spiro atoms. The van der Waals surface area contributed by atoms with Gasteiger partial charge in [-0.05, 0) is 48.9 Å². The van der Waals surface area contributed by atoms with Crippen molar-refractivity contribution < 1.29 is 21.6 Å². The average Bonchev–Trinajstić information content (AvgIpc) is 2.53. The summed E-state index contributed by atoms with van der Waals surface area (Å²) in [5.41, 5.74) is 1.06. The lowest BCUT2D eigenvalue weighted by Gasteiger charge is -2.15. The molecule has 0 unspecified atom stereocenters. The molecule has 0 saturated heterocycles. The van der Waals surface area contributed by atoms with Crippen LogP contribution in [-0.4, -0.2) is 22.9 Å². The molecule has 2 amide bonds. The topological polar surface area (TPSA) is 161 Å². The molecule has 11 heteroatoms. The summed E-state index contributed by atoms with van der Waals surface area (Å²) in [5, 5.41) is 15.3. The number of carbonyl (C=O) groups is 1. The van der Waals surface area contributed by atoms with Gasteiger partial charge in [0.05, 0.1) is 15.8 Å². The van der Waals surface area contributed by atoms with Crippen molar-refractivity contribution in [2.24, 2.45) is 10.3 Å². The van der Waals surface area contributed by atoms with Crippen molar-refractivity contribution in [1.29, 1.82) is 0 Å². The summed E-state index contributed by atoms with van der Waals surface area (Å²) >= 11 is 0. The van der Waals surface area contributed by atoms with Crippen LogP contribution in [0.1, 0.15) is 18.5 Å². The molecule has 2 aromatic rings. The summed E-state index contributed by atoms with van der Waals surface area (Å²) in [4.78, 5) is 11.9. The van der Waals surface area contributed by atoms with Crippen molar-refractivity contribution in [2.45, 2.75) is 22.8 Å². The van der Waals surface area contributed by atoms with Crippen LogP contribution >= 0.6 is 0 Å². The fourth-order valence-corrected chi connectivity index (χ4v) is 3.15. The third kappa shape index (κ3) is 5.26. The van der Waals surface area contributed by atoms with Crippen molar-refractivity contribution >= 4 is 31.8 Å². The maximum absolute atomic E-state index is 12.0. The van der Waals surface area contributed by atoms with E-state index in [9.17, 15) is 21.6 Å². The van der Waals surface area contributed by atoms with E-state index < -0.39 is 32.1 Å². The van der Waals surface area contributed by atoms with Gasteiger partial charge in [-0.2, -0.15) is 0 Å². The molecule has 0 saturated carbocycles. The average molecular weight is 398 g/mol. The number of rotatable bonds is 5. The fourth-order valence-electron chi connectivity index (χ4n) is 2.12. The molecule has 0 heterocycles. The highest BCUT2D eigenvalue weighted by Gasteiger charge is 2.13. The molecule has 0 aromatic heterocycles. The van der Waals surface area contributed by atoms with E-state index in [0.29, 0.717) is 11.3 Å². The zero-order valence-corrected chi connectivity index (χ0v) is 15.3. The van der Waals surface area contributed by atoms with Crippen LogP contribution in [-0.2, 0) is 20.0 Å². The van der Waals surface area contributed by atoms with Crippen molar-refractivity contribution in [1.82, 2.24) is 5.32 Å². The van der Waals surface area contributed by atoms with Crippen LogP contribution in [0.3, 0.4) is 0 Å². The van der Waals surface area contributed by atoms with Crippen molar-refractivity contribution in [3.63, 3.8) is 0 Å². The minimum atomic E-state index is -3.80. The summed E-state index contributed by atoms with van der Waals surface area (Å²) in [6, 6.07) is 10.2. The number of nitrogens with two attached hydrogens (primary N) is 2. The Kier molecular flexibility index (Phi) is 5.66. The lowest BCUT2D eigenvalue weighted by atomic mass is 10.1. The van der Waals surface area contributed by atoms with Gasteiger partial charge in [-0.3, -0.25) is 0 Å². The number of sulfonamides is 2. The van der Waals surface area contributed by atoms with Gasteiger partial charge >= 0.3 is 6.03 Å². The largest absolute Gasteiger partial charge is 0.331 e. The molecule has 6 N–H and O–H groups in total. The second-order valence-electron chi connectivity index (χ2n) is 5.50. The number of benzene rings is 2. The molecule has 0 aliphatic rings. The first-order valence-electron chi connectivity index (χ1n) is 7.30. The van der Waals surface area contributed by atoms with Gasteiger partial charge in [-0.15, -0.1) is 0 Å². The van der Waals surface area contributed by atoms with Gasteiger partial charge in [0.1, 0.15) is 0 Å². The summed E-state index contributed by atoms with van der Waals surface area (Å²) in [6.45, 7) is 1.72. The minimum Gasteiger partial charge on any atom is -0.331 e. The monoisotopic (exact) mass is 398 g/mol. The van der Waals surface area contributed by atoms with Gasteiger partial charge in [0.2, 0.25) is 20.0 Å². The molecule has 0 radical (unpaired) electrons. The number of primary sulfonamides is 2. The van der Waals surface area contributed by atoms with E-state index in [1.165, 1.54) is 36.4 Å².